The molecule has 0 aliphatic carbocycles. The van der Waals surface area contributed by atoms with Crippen LogP contribution in [-0.4, -0.2) is 23.6 Å². The molecule has 2 N–H and O–H groups in total. The van der Waals surface area contributed by atoms with Gasteiger partial charge in [0.2, 0.25) is 0 Å². The van der Waals surface area contributed by atoms with Crippen LogP contribution in [0.2, 0.25) is 0 Å². The van der Waals surface area contributed by atoms with Gasteiger partial charge in [-0.25, -0.2) is 5.43 Å². The molecule has 8 heteroatoms. The Labute approximate surface area is 161 Å². The Morgan fingerprint density at radius 3 is 2.50 bits per heavy atom. The Balaban J connectivity index is 1.51. The predicted octanol–water partition coefficient (Wildman–Crippen LogP) is 3.73. The molecule has 2 aromatic carbocycles. The number of nitro benzene ring substituents is 1. The zero-order chi connectivity index (χ0) is 19.9. The highest BCUT2D eigenvalue weighted by Gasteiger charge is 2.08. The van der Waals surface area contributed by atoms with Gasteiger partial charge in [-0.1, -0.05) is 17.7 Å². The van der Waals surface area contributed by atoms with Gasteiger partial charge in [-0.15, -0.1) is 0 Å². The number of rotatable bonds is 7. The standard InChI is InChI=1S/C20H18N4O4/c1-14-2-6-16(7-3-14)21-13-20(25)23-22-12-18-10-11-19(28-18)15-4-8-17(9-5-15)24(26)27/h2-12,21H,13H2,1H3,(H,23,25). The van der Waals surface area contributed by atoms with E-state index < -0.39 is 4.92 Å². The lowest BCUT2D eigenvalue weighted by atomic mass is 10.1. The third kappa shape index (κ3) is 5.04. The minimum atomic E-state index is -0.458. The molecular weight excluding hydrogens is 360 g/mol. The first kappa shape index (κ1) is 18.8. The van der Waals surface area contributed by atoms with Crippen molar-refractivity contribution < 1.29 is 14.1 Å². The van der Waals surface area contributed by atoms with Crippen molar-refractivity contribution in [3.63, 3.8) is 0 Å². The highest BCUT2D eigenvalue weighted by atomic mass is 16.6. The molecule has 1 heterocycles. The van der Waals surface area contributed by atoms with Crippen LogP contribution in [0, 0.1) is 17.0 Å². The molecule has 1 aromatic heterocycles. The van der Waals surface area contributed by atoms with E-state index in [9.17, 15) is 14.9 Å². The molecule has 142 valence electrons. The first-order valence-corrected chi connectivity index (χ1v) is 8.48. The highest BCUT2D eigenvalue weighted by molar-refractivity contribution is 5.83. The number of hydrogen-bond donors (Lipinski definition) is 2. The lowest BCUT2D eigenvalue weighted by Crippen LogP contribution is -2.25. The number of aryl methyl sites for hydroxylation is 1. The summed E-state index contributed by atoms with van der Waals surface area (Å²) in [6, 6.07) is 17.2. The number of hydrogen-bond acceptors (Lipinski definition) is 6. The zero-order valence-corrected chi connectivity index (χ0v) is 15.1. The van der Waals surface area contributed by atoms with Crippen molar-refractivity contribution in [2.45, 2.75) is 6.92 Å². The van der Waals surface area contributed by atoms with Gasteiger partial charge in [-0.05, 0) is 43.3 Å². The Morgan fingerprint density at radius 2 is 1.82 bits per heavy atom. The van der Waals surface area contributed by atoms with Gasteiger partial charge < -0.3 is 9.73 Å². The third-order valence-electron chi connectivity index (χ3n) is 3.88. The van der Waals surface area contributed by atoms with Gasteiger partial charge in [0, 0.05) is 23.4 Å². The zero-order valence-electron chi connectivity index (χ0n) is 15.1. The molecule has 8 nitrogen and oxygen atoms in total. The second-order valence-electron chi connectivity index (χ2n) is 6.02. The maximum Gasteiger partial charge on any atom is 0.269 e. The van der Waals surface area contributed by atoms with Gasteiger partial charge in [-0.3, -0.25) is 14.9 Å². The number of anilines is 1. The van der Waals surface area contributed by atoms with Gasteiger partial charge in [0.1, 0.15) is 11.5 Å². The Bertz CT molecular complexity index is 992. The molecule has 3 rings (SSSR count). The van der Waals surface area contributed by atoms with Gasteiger partial charge in [0.05, 0.1) is 17.7 Å². The van der Waals surface area contributed by atoms with Crippen LogP contribution in [-0.2, 0) is 4.79 Å². The second kappa shape index (κ2) is 8.63. The van der Waals surface area contributed by atoms with Crippen LogP contribution in [0.4, 0.5) is 11.4 Å². The van der Waals surface area contributed by atoms with Crippen LogP contribution in [0.15, 0.2) is 70.2 Å². The van der Waals surface area contributed by atoms with E-state index in [-0.39, 0.29) is 18.1 Å². The molecular formula is C20H18N4O4. The van der Waals surface area contributed by atoms with Crippen molar-refractivity contribution in [2.75, 3.05) is 11.9 Å². The number of nitro groups is 1. The number of nitrogens with one attached hydrogen (secondary N) is 2. The molecule has 0 spiro atoms. The average molecular weight is 378 g/mol. The van der Waals surface area contributed by atoms with E-state index in [0.717, 1.165) is 11.3 Å². The SMILES string of the molecule is Cc1ccc(NCC(=O)NN=Cc2ccc(-c3ccc([N+](=O)[O-])cc3)o2)cc1. The molecule has 0 atom stereocenters. The molecule has 0 radical (unpaired) electrons. The Kier molecular flexibility index (Phi) is 5.81. The number of non-ortho nitro benzene ring substituents is 1. The van der Waals surface area contributed by atoms with Crippen LogP contribution in [0.1, 0.15) is 11.3 Å². The molecule has 1 amide bonds. The van der Waals surface area contributed by atoms with Gasteiger partial charge >= 0.3 is 0 Å². The van der Waals surface area contributed by atoms with Gasteiger partial charge in [-0.2, -0.15) is 5.10 Å². The van der Waals surface area contributed by atoms with E-state index >= 15 is 0 Å². The summed E-state index contributed by atoms with van der Waals surface area (Å²) in [7, 11) is 0. The fourth-order valence-electron chi connectivity index (χ4n) is 2.39. The highest BCUT2D eigenvalue weighted by Crippen LogP contribution is 2.23. The van der Waals surface area contributed by atoms with E-state index in [1.807, 2.05) is 31.2 Å². The van der Waals surface area contributed by atoms with Crippen LogP contribution < -0.4 is 10.7 Å². The summed E-state index contributed by atoms with van der Waals surface area (Å²) >= 11 is 0. The van der Waals surface area contributed by atoms with E-state index in [2.05, 4.69) is 15.8 Å². The number of carbonyl (C=O) groups is 1. The van der Waals surface area contributed by atoms with E-state index in [0.29, 0.717) is 17.1 Å². The minimum Gasteiger partial charge on any atom is -0.455 e. The third-order valence-corrected chi connectivity index (χ3v) is 3.88. The lowest BCUT2D eigenvalue weighted by molar-refractivity contribution is -0.384. The van der Waals surface area contributed by atoms with Crippen molar-refractivity contribution in [1.29, 1.82) is 0 Å². The molecule has 0 unspecified atom stereocenters. The van der Waals surface area contributed by atoms with E-state index in [4.69, 9.17) is 4.42 Å². The Morgan fingerprint density at radius 1 is 1.11 bits per heavy atom. The van der Waals surface area contributed by atoms with E-state index in [1.165, 1.54) is 18.3 Å². The second-order valence-corrected chi connectivity index (χ2v) is 6.02. The summed E-state index contributed by atoms with van der Waals surface area (Å²) in [4.78, 5) is 22.0. The topological polar surface area (TPSA) is 110 Å². The quantitative estimate of drug-likeness (QED) is 0.370. The predicted molar refractivity (Wildman–Crippen MR) is 106 cm³/mol. The average Bonchev–Trinajstić information content (AvgIpc) is 3.16. The summed E-state index contributed by atoms with van der Waals surface area (Å²) in [6.45, 7) is 2.08. The normalized spacial score (nSPS) is 10.8. The van der Waals surface area contributed by atoms with Crippen LogP contribution in [0.3, 0.4) is 0 Å². The maximum absolute atomic E-state index is 11.8. The van der Waals surface area contributed by atoms with Gasteiger partial charge in [0.25, 0.3) is 11.6 Å². The maximum atomic E-state index is 11.8. The first-order valence-electron chi connectivity index (χ1n) is 8.48. The van der Waals surface area contributed by atoms with Crippen molar-refractivity contribution in [2.24, 2.45) is 5.10 Å². The summed E-state index contributed by atoms with van der Waals surface area (Å²) in [6.07, 6.45) is 1.39. The van der Waals surface area contributed by atoms with Crippen LogP contribution in [0.5, 0.6) is 0 Å². The van der Waals surface area contributed by atoms with Crippen molar-refractivity contribution >= 4 is 23.5 Å². The smallest absolute Gasteiger partial charge is 0.269 e. The van der Waals surface area contributed by atoms with Crippen molar-refractivity contribution in [1.82, 2.24) is 5.43 Å². The minimum absolute atomic E-state index is 0.0130. The molecule has 0 saturated carbocycles. The largest absolute Gasteiger partial charge is 0.455 e. The molecule has 0 aliphatic rings. The number of nitrogens with zero attached hydrogens (tertiary/aromatic N) is 2. The summed E-state index contributed by atoms with van der Waals surface area (Å²) in [5, 5.41) is 17.6. The fourth-order valence-corrected chi connectivity index (χ4v) is 2.39. The number of amides is 1. The van der Waals surface area contributed by atoms with Crippen molar-refractivity contribution in [3.8, 4) is 11.3 Å². The van der Waals surface area contributed by atoms with Crippen molar-refractivity contribution in [3.05, 3.63) is 82.1 Å². The first-order chi connectivity index (χ1) is 13.5. The summed E-state index contributed by atoms with van der Waals surface area (Å²) < 4.78 is 5.61. The molecule has 0 saturated heterocycles. The number of furan rings is 1. The Hall–Kier alpha value is -3.94. The van der Waals surface area contributed by atoms with E-state index in [1.54, 1.807) is 24.3 Å². The number of benzene rings is 2. The van der Waals surface area contributed by atoms with Crippen LogP contribution >= 0.6 is 0 Å². The number of carbonyl (C=O) groups excluding carboxylic acids is 1. The molecule has 0 fully saturated rings. The van der Waals surface area contributed by atoms with Crippen LogP contribution in [0.25, 0.3) is 11.3 Å². The molecule has 0 aliphatic heterocycles. The fraction of sp³-hybridized carbons (Fsp3) is 0.100. The van der Waals surface area contributed by atoms with Gasteiger partial charge in [0.15, 0.2) is 0 Å². The number of hydrazone groups is 1. The molecule has 28 heavy (non-hydrogen) atoms. The molecule has 3 aromatic rings. The molecule has 0 bridgehead atoms. The summed E-state index contributed by atoms with van der Waals surface area (Å²) in [5.74, 6) is 0.697. The summed E-state index contributed by atoms with van der Waals surface area (Å²) in [5.41, 5.74) is 5.13. The monoisotopic (exact) mass is 378 g/mol. The lowest BCUT2D eigenvalue weighted by Gasteiger charge is -2.05.